The van der Waals surface area contributed by atoms with E-state index in [1.54, 1.807) is 11.8 Å². The summed E-state index contributed by atoms with van der Waals surface area (Å²) in [4.78, 5) is 1.90. The van der Waals surface area contributed by atoms with Gasteiger partial charge in [0.15, 0.2) is 0 Å². The lowest BCUT2D eigenvalue weighted by molar-refractivity contribution is 0.224. The van der Waals surface area contributed by atoms with Crippen molar-refractivity contribution in [3.63, 3.8) is 0 Å². The van der Waals surface area contributed by atoms with Gasteiger partial charge in [0.05, 0.1) is 0 Å². The minimum Gasteiger partial charge on any atom is -0.353 e. The Labute approximate surface area is 140 Å². The molecule has 1 saturated heterocycles. The molecule has 1 aliphatic rings. The zero-order valence-electron chi connectivity index (χ0n) is 11.5. The number of hydrogen-bond donors (Lipinski definition) is 0. The van der Waals surface area contributed by atoms with Gasteiger partial charge in [-0.3, -0.25) is 0 Å². The van der Waals surface area contributed by atoms with Gasteiger partial charge in [-0.15, -0.1) is 11.6 Å². The average Bonchev–Trinajstić information content (AvgIpc) is 2.51. The van der Waals surface area contributed by atoms with Crippen LogP contribution in [0.5, 0.6) is 0 Å². The maximum Gasteiger partial charge on any atom is 0.136 e. The highest BCUT2D eigenvalue weighted by Crippen LogP contribution is 2.40. The summed E-state index contributed by atoms with van der Waals surface area (Å²) in [5, 5.41) is 0. The van der Waals surface area contributed by atoms with Gasteiger partial charge in [-0.25, -0.2) is 0 Å². The number of nitrogens with zero attached hydrogens (tertiary/aromatic N) is 1. The van der Waals surface area contributed by atoms with Crippen LogP contribution in [0, 0.1) is 0 Å². The Morgan fingerprint density at radius 2 is 1.62 bits per heavy atom. The van der Waals surface area contributed by atoms with Crippen LogP contribution in [-0.4, -0.2) is 22.3 Å². The Morgan fingerprint density at radius 1 is 1.05 bits per heavy atom. The summed E-state index contributed by atoms with van der Waals surface area (Å²) in [7, 11) is 0. The lowest BCUT2D eigenvalue weighted by Gasteiger charge is -2.47. The molecule has 0 aliphatic carbocycles. The topological polar surface area (TPSA) is 3.24 Å². The molecule has 0 saturated carbocycles. The van der Waals surface area contributed by atoms with Gasteiger partial charge in [-0.05, 0) is 11.1 Å². The van der Waals surface area contributed by atoms with Gasteiger partial charge in [0.1, 0.15) is 9.19 Å². The van der Waals surface area contributed by atoms with E-state index in [1.807, 2.05) is 24.3 Å². The summed E-state index contributed by atoms with van der Waals surface area (Å²) >= 11 is 13.9. The van der Waals surface area contributed by atoms with Crippen LogP contribution in [0.3, 0.4) is 0 Å². The predicted molar refractivity (Wildman–Crippen MR) is 95.9 cm³/mol. The van der Waals surface area contributed by atoms with Crippen molar-refractivity contribution >= 4 is 39.9 Å². The Kier molecular flexibility index (Phi) is 4.53. The van der Waals surface area contributed by atoms with Gasteiger partial charge in [0.25, 0.3) is 0 Å². The van der Waals surface area contributed by atoms with E-state index in [9.17, 15) is 0 Å². The number of hydrogen-bond acceptors (Lipinski definition) is 2. The van der Waals surface area contributed by atoms with E-state index >= 15 is 0 Å². The van der Waals surface area contributed by atoms with Crippen molar-refractivity contribution in [2.75, 3.05) is 13.1 Å². The van der Waals surface area contributed by atoms with Gasteiger partial charge >= 0.3 is 0 Å². The first kappa shape index (κ1) is 14.9. The van der Waals surface area contributed by atoms with Crippen LogP contribution in [0.25, 0.3) is 0 Å². The molecule has 4 heteroatoms. The first-order chi connectivity index (χ1) is 10.2. The van der Waals surface area contributed by atoms with Crippen molar-refractivity contribution in [3.8, 4) is 0 Å². The highest BCUT2D eigenvalue weighted by atomic mass is 35.5. The van der Waals surface area contributed by atoms with Crippen LogP contribution in [0.15, 0.2) is 60.7 Å². The van der Waals surface area contributed by atoms with E-state index in [2.05, 4.69) is 41.3 Å². The first-order valence-electron chi connectivity index (χ1n) is 6.87. The molecule has 3 rings (SSSR count). The van der Waals surface area contributed by atoms with Gasteiger partial charge in [-0.2, -0.15) is 0 Å². The largest absolute Gasteiger partial charge is 0.353 e. The maximum absolute atomic E-state index is 6.68. The Hall–Kier alpha value is -1.03. The van der Waals surface area contributed by atoms with Gasteiger partial charge in [0, 0.05) is 18.8 Å². The van der Waals surface area contributed by atoms with Crippen molar-refractivity contribution in [1.82, 2.24) is 4.90 Å². The predicted octanol–water partition coefficient (Wildman–Crippen LogP) is 4.65. The molecule has 0 aromatic heterocycles. The third-order valence-corrected chi connectivity index (χ3v) is 5.69. The van der Waals surface area contributed by atoms with E-state index in [-0.39, 0.29) is 4.87 Å². The molecule has 0 atom stereocenters. The molecule has 1 aliphatic heterocycles. The molecule has 2 aromatic rings. The van der Waals surface area contributed by atoms with Gasteiger partial charge in [0.2, 0.25) is 0 Å². The molecule has 0 amide bonds. The maximum atomic E-state index is 6.68. The van der Waals surface area contributed by atoms with Crippen molar-refractivity contribution in [2.24, 2.45) is 0 Å². The molecule has 108 valence electrons. The van der Waals surface area contributed by atoms with Crippen LogP contribution in [-0.2, 0) is 10.6 Å². The molecule has 0 N–H and O–H groups in total. The smallest absolute Gasteiger partial charge is 0.136 e. The van der Waals surface area contributed by atoms with Crippen LogP contribution < -0.4 is 0 Å². The summed E-state index contributed by atoms with van der Waals surface area (Å²) < 4.78 is 0.936. The number of alkyl halides is 1. The molecular weight excluding hydrogens is 318 g/mol. The highest BCUT2D eigenvalue weighted by Gasteiger charge is 2.43. The zero-order valence-corrected chi connectivity index (χ0v) is 13.9. The summed E-state index contributed by atoms with van der Waals surface area (Å²) in [5.41, 5.74) is 2.48. The second-order valence-electron chi connectivity index (χ2n) is 5.23. The minimum atomic E-state index is -0.279. The second kappa shape index (κ2) is 6.39. The molecule has 1 nitrogen and oxygen atoms in total. The SMILES string of the molecule is S=C(SCc1ccccc1)N1CC(Cl)(c2ccccc2)C1. The molecule has 1 heterocycles. The monoisotopic (exact) mass is 333 g/mol. The first-order valence-corrected chi connectivity index (χ1v) is 8.65. The molecule has 0 unspecified atom stereocenters. The standard InChI is InChI=1S/C17H16ClNS2/c18-17(15-9-5-2-6-10-15)12-19(13-17)16(20)21-11-14-7-3-1-4-8-14/h1-10H,11-13H2. The fourth-order valence-corrected chi connectivity index (χ4v) is 3.93. The Balaban J connectivity index is 1.53. The number of likely N-dealkylation sites (tertiary alicyclic amines) is 1. The van der Waals surface area contributed by atoms with Crippen molar-refractivity contribution < 1.29 is 0 Å². The number of benzene rings is 2. The normalized spacial score (nSPS) is 16.3. The lowest BCUT2D eigenvalue weighted by Crippen LogP contribution is -2.57. The third-order valence-electron chi connectivity index (χ3n) is 3.64. The zero-order chi connectivity index (χ0) is 14.7. The van der Waals surface area contributed by atoms with Crippen LogP contribution in [0.1, 0.15) is 11.1 Å². The van der Waals surface area contributed by atoms with Gasteiger partial charge in [-0.1, -0.05) is 84.6 Å². The Morgan fingerprint density at radius 3 is 2.24 bits per heavy atom. The van der Waals surface area contributed by atoms with E-state index in [1.165, 1.54) is 11.1 Å². The van der Waals surface area contributed by atoms with Crippen LogP contribution in [0.2, 0.25) is 0 Å². The van der Waals surface area contributed by atoms with E-state index in [0.717, 1.165) is 23.2 Å². The fraction of sp³-hybridized carbons (Fsp3) is 0.235. The van der Waals surface area contributed by atoms with Crippen molar-refractivity contribution in [3.05, 3.63) is 71.8 Å². The third kappa shape index (κ3) is 3.42. The molecular formula is C17H16ClNS2. The summed E-state index contributed by atoms with van der Waals surface area (Å²) in [5.74, 6) is 0.913. The fourth-order valence-electron chi connectivity index (χ4n) is 2.42. The number of thiocarbonyl (C=S) groups is 1. The molecule has 0 radical (unpaired) electrons. The summed E-state index contributed by atoms with van der Waals surface area (Å²) in [6, 6.07) is 20.7. The molecule has 0 bridgehead atoms. The van der Waals surface area contributed by atoms with Crippen molar-refractivity contribution in [1.29, 1.82) is 0 Å². The molecule has 21 heavy (non-hydrogen) atoms. The summed E-state index contributed by atoms with van der Waals surface area (Å²) in [6.07, 6.45) is 0. The summed E-state index contributed by atoms with van der Waals surface area (Å²) in [6.45, 7) is 1.58. The van der Waals surface area contributed by atoms with Crippen LogP contribution >= 0.6 is 35.6 Å². The second-order valence-corrected chi connectivity index (χ2v) is 7.56. The highest BCUT2D eigenvalue weighted by molar-refractivity contribution is 8.22. The Bertz CT molecular complexity index is 609. The number of halogens is 1. The molecule has 0 spiro atoms. The van der Waals surface area contributed by atoms with Gasteiger partial charge < -0.3 is 4.90 Å². The minimum absolute atomic E-state index is 0.279. The lowest BCUT2D eigenvalue weighted by atomic mass is 9.91. The van der Waals surface area contributed by atoms with Crippen molar-refractivity contribution in [2.45, 2.75) is 10.6 Å². The molecule has 2 aromatic carbocycles. The average molecular weight is 334 g/mol. The van der Waals surface area contributed by atoms with E-state index < -0.39 is 0 Å². The van der Waals surface area contributed by atoms with E-state index in [4.69, 9.17) is 23.8 Å². The quantitative estimate of drug-likeness (QED) is 0.594. The van der Waals surface area contributed by atoms with Crippen LogP contribution in [0.4, 0.5) is 0 Å². The number of rotatable bonds is 3. The van der Waals surface area contributed by atoms with E-state index in [0.29, 0.717) is 0 Å². The molecule has 1 fully saturated rings. The number of thioether (sulfide) groups is 1.